The first-order valence-corrected chi connectivity index (χ1v) is 14.1. The molecule has 0 atom stereocenters. The second kappa shape index (κ2) is 8.81. The van der Waals surface area contributed by atoms with Crippen molar-refractivity contribution >= 4 is 38.6 Å². The van der Waals surface area contributed by atoms with Crippen LogP contribution >= 0.6 is 6.83 Å². The van der Waals surface area contributed by atoms with Crippen LogP contribution in [0, 0.1) is 0 Å². The zero-order valence-corrected chi connectivity index (χ0v) is 19.0. The van der Waals surface area contributed by atoms with Gasteiger partial charge in [-0.15, -0.1) is 0 Å². The standard InChI is InChI=1S/C24H27O4PS/c1-3-21(25)19-20-29(28-30(2,26)27,22-13-7-4-8-14-22,23-15-9-5-10-16-23)24-17-11-6-12-18-24/h4-18H,3,19-20H2,1-2H3. The predicted molar refractivity (Wildman–Crippen MR) is 126 cm³/mol. The zero-order valence-electron chi connectivity index (χ0n) is 17.3. The van der Waals surface area contributed by atoms with Crippen molar-refractivity contribution in [3.8, 4) is 0 Å². The third-order valence-electron chi connectivity index (χ3n) is 5.42. The molecule has 0 aliphatic rings. The maximum absolute atomic E-state index is 12.8. The van der Waals surface area contributed by atoms with Crippen molar-refractivity contribution in [2.24, 2.45) is 0 Å². The number of rotatable bonds is 9. The van der Waals surface area contributed by atoms with Gasteiger partial charge in [-0.05, 0) is 0 Å². The summed E-state index contributed by atoms with van der Waals surface area (Å²) in [5, 5.41) is 2.36. The Morgan fingerprint density at radius 3 is 1.43 bits per heavy atom. The van der Waals surface area contributed by atoms with Gasteiger partial charge in [-0.25, -0.2) is 0 Å². The van der Waals surface area contributed by atoms with Gasteiger partial charge < -0.3 is 0 Å². The van der Waals surface area contributed by atoms with E-state index in [1.165, 1.54) is 0 Å². The fourth-order valence-electron chi connectivity index (χ4n) is 4.04. The molecule has 0 radical (unpaired) electrons. The predicted octanol–water partition coefficient (Wildman–Crippen LogP) is 3.78. The van der Waals surface area contributed by atoms with E-state index < -0.39 is 16.9 Å². The molecule has 3 aromatic carbocycles. The minimum absolute atomic E-state index is 0.0731. The van der Waals surface area contributed by atoms with Gasteiger partial charge in [0, 0.05) is 0 Å². The van der Waals surface area contributed by atoms with Crippen LogP contribution in [-0.2, 0) is 18.9 Å². The Hall–Kier alpha value is -2.33. The molecule has 0 aliphatic carbocycles. The van der Waals surface area contributed by atoms with E-state index in [2.05, 4.69) is 0 Å². The number of carbonyl (C=O) groups excluding carboxylic acids is 1. The van der Waals surface area contributed by atoms with Gasteiger partial charge in [-0.1, -0.05) is 0 Å². The summed E-state index contributed by atoms with van der Waals surface area (Å²) in [6.07, 6.45) is 1.99. The normalized spacial score (nSPS) is 13.3. The Labute approximate surface area is 179 Å². The molecule has 6 heteroatoms. The van der Waals surface area contributed by atoms with E-state index >= 15 is 0 Å². The summed E-state index contributed by atoms with van der Waals surface area (Å²) in [5.41, 5.74) is 0. The molecule has 158 valence electrons. The van der Waals surface area contributed by atoms with Crippen LogP contribution in [0.15, 0.2) is 91.0 Å². The van der Waals surface area contributed by atoms with Gasteiger partial charge in [-0.3, -0.25) is 0 Å². The van der Waals surface area contributed by atoms with E-state index in [-0.39, 0.29) is 18.4 Å². The maximum atomic E-state index is 12.8. The Morgan fingerprint density at radius 2 is 1.13 bits per heavy atom. The van der Waals surface area contributed by atoms with Gasteiger partial charge in [0.05, 0.1) is 0 Å². The van der Waals surface area contributed by atoms with Crippen LogP contribution in [0.25, 0.3) is 0 Å². The number of hydrogen-bond acceptors (Lipinski definition) is 4. The van der Waals surface area contributed by atoms with Gasteiger partial charge in [0.15, 0.2) is 0 Å². The van der Waals surface area contributed by atoms with Crippen molar-refractivity contribution < 1.29 is 17.2 Å². The minimum atomic E-state index is -4.02. The Balaban J connectivity index is 2.52. The summed E-state index contributed by atoms with van der Waals surface area (Å²) in [6, 6.07) is 28.5. The molecule has 0 saturated carbocycles. The first kappa shape index (κ1) is 22.4. The molecule has 4 nitrogen and oxygen atoms in total. The molecule has 0 unspecified atom stereocenters. The topological polar surface area (TPSA) is 60.4 Å². The quantitative estimate of drug-likeness (QED) is 0.473. The molecule has 30 heavy (non-hydrogen) atoms. The SMILES string of the molecule is CCC(=O)CCP(OS(C)(=O)=O)(c1ccccc1)(c1ccccc1)c1ccccc1. The van der Waals surface area contributed by atoms with Crippen molar-refractivity contribution in [2.75, 3.05) is 12.4 Å². The number of carbonyl (C=O) groups is 1. The fourth-order valence-corrected chi connectivity index (χ4v) is 12.5. The molecular weight excluding hydrogens is 415 g/mol. The Bertz CT molecular complexity index is 998. The van der Waals surface area contributed by atoms with Crippen molar-refractivity contribution in [1.29, 1.82) is 0 Å². The van der Waals surface area contributed by atoms with Crippen LogP contribution in [0.5, 0.6) is 0 Å². The van der Waals surface area contributed by atoms with E-state index in [9.17, 15) is 13.2 Å². The van der Waals surface area contributed by atoms with E-state index in [0.717, 1.165) is 22.2 Å². The van der Waals surface area contributed by atoms with Crippen LogP contribution < -0.4 is 15.9 Å². The van der Waals surface area contributed by atoms with E-state index in [1.54, 1.807) is 0 Å². The van der Waals surface area contributed by atoms with Gasteiger partial charge in [0.1, 0.15) is 0 Å². The summed E-state index contributed by atoms with van der Waals surface area (Å²) in [5.74, 6) is 0.0731. The van der Waals surface area contributed by atoms with Crippen LogP contribution in [0.4, 0.5) is 0 Å². The zero-order chi connectivity index (χ0) is 21.7. The van der Waals surface area contributed by atoms with Crippen molar-refractivity contribution in [1.82, 2.24) is 0 Å². The van der Waals surface area contributed by atoms with E-state index in [4.69, 9.17) is 3.97 Å². The second-order valence-corrected chi connectivity index (χ2v) is 13.8. The van der Waals surface area contributed by atoms with Crippen molar-refractivity contribution in [2.45, 2.75) is 19.8 Å². The first-order chi connectivity index (χ1) is 14.3. The Kier molecular flexibility index (Phi) is 6.56. The molecule has 3 rings (SSSR count). The molecule has 0 fully saturated rings. The first-order valence-electron chi connectivity index (χ1n) is 9.93. The van der Waals surface area contributed by atoms with Crippen LogP contribution in [0.1, 0.15) is 19.8 Å². The second-order valence-electron chi connectivity index (χ2n) is 7.36. The molecule has 0 amide bonds. The monoisotopic (exact) mass is 442 g/mol. The summed E-state index contributed by atoms with van der Waals surface area (Å²) in [6.45, 7) is -2.20. The number of hydrogen-bond donors (Lipinski definition) is 0. The van der Waals surface area contributed by atoms with E-state index in [0.29, 0.717) is 6.42 Å². The molecule has 0 spiro atoms. The summed E-state index contributed by atoms with van der Waals surface area (Å²) in [7, 11) is -3.89. The molecule has 0 bridgehead atoms. The molecule has 0 aliphatic heterocycles. The van der Waals surface area contributed by atoms with Gasteiger partial charge in [-0.2, -0.15) is 0 Å². The summed E-state index contributed by atoms with van der Waals surface area (Å²) >= 11 is 0. The number of ketones is 1. The third-order valence-corrected chi connectivity index (χ3v) is 13.1. The van der Waals surface area contributed by atoms with Gasteiger partial charge >= 0.3 is 179 Å². The summed E-state index contributed by atoms with van der Waals surface area (Å²) in [4.78, 5) is 12.5. The van der Waals surface area contributed by atoms with Crippen LogP contribution in [0.2, 0.25) is 0 Å². The summed E-state index contributed by atoms with van der Waals surface area (Å²) < 4.78 is 31.9. The average Bonchev–Trinajstić information content (AvgIpc) is 2.77. The number of benzene rings is 3. The molecule has 0 saturated heterocycles. The van der Waals surface area contributed by atoms with Gasteiger partial charge in [0.2, 0.25) is 0 Å². The Morgan fingerprint density at radius 1 is 0.767 bits per heavy atom. The average molecular weight is 443 g/mol. The van der Waals surface area contributed by atoms with Crippen molar-refractivity contribution in [3.05, 3.63) is 91.0 Å². The van der Waals surface area contributed by atoms with Crippen LogP contribution in [-0.4, -0.2) is 26.6 Å². The van der Waals surface area contributed by atoms with Crippen LogP contribution in [0.3, 0.4) is 0 Å². The van der Waals surface area contributed by atoms with E-state index in [1.807, 2.05) is 97.9 Å². The van der Waals surface area contributed by atoms with Gasteiger partial charge in [0.25, 0.3) is 0 Å². The molecule has 0 heterocycles. The molecular formula is C24H27O4PS. The molecule has 0 N–H and O–H groups in total. The third kappa shape index (κ3) is 4.11. The number of Topliss-reactive ketones (excluding diaryl/α,β-unsaturated/α-hetero) is 1. The fraction of sp³-hybridized carbons (Fsp3) is 0.208. The molecule has 0 aromatic heterocycles. The van der Waals surface area contributed by atoms with Crippen molar-refractivity contribution in [3.63, 3.8) is 0 Å². The molecule has 3 aromatic rings.